The van der Waals surface area contributed by atoms with Crippen LogP contribution in [0.3, 0.4) is 0 Å². The summed E-state index contributed by atoms with van der Waals surface area (Å²) in [4.78, 5) is 0. The molecule has 3 aromatic carbocycles. The van der Waals surface area contributed by atoms with Crippen LogP contribution in [0.2, 0.25) is 0 Å². The maximum absolute atomic E-state index is 11.6. The Kier molecular flexibility index (Phi) is 5.03. The number of fused-ring (bicyclic) bond motifs is 2. The maximum atomic E-state index is 11.6. The molecule has 0 bridgehead atoms. The summed E-state index contributed by atoms with van der Waals surface area (Å²) >= 11 is 0. The molecule has 0 atom stereocenters. The van der Waals surface area contributed by atoms with Crippen molar-refractivity contribution in [1.82, 2.24) is 0 Å². The third-order valence-corrected chi connectivity index (χ3v) is 5.27. The van der Waals surface area contributed by atoms with Crippen LogP contribution >= 0.6 is 0 Å². The van der Waals surface area contributed by atoms with Crippen molar-refractivity contribution in [1.29, 1.82) is 0 Å². The molecule has 0 saturated carbocycles. The normalized spacial score (nSPS) is 14.3. The van der Waals surface area contributed by atoms with Crippen LogP contribution in [0.4, 0.5) is 5.69 Å². The smallest absolute Gasteiger partial charge is 0.229 e. The van der Waals surface area contributed by atoms with Crippen LogP contribution in [-0.4, -0.2) is 21.8 Å². The highest BCUT2D eigenvalue weighted by atomic mass is 32.2. The molecular formula is C23H21NO4S. The predicted molar refractivity (Wildman–Crippen MR) is 116 cm³/mol. The molecule has 0 unspecified atom stereocenters. The Morgan fingerprint density at radius 3 is 2.62 bits per heavy atom. The lowest BCUT2D eigenvalue weighted by Gasteiger charge is -2.14. The van der Waals surface area contributed by atoms with Crippen molar-refractivity contribution >= 4 is 27.4 Å². The van der Waals surface area contributed by atoms with Gasteiger partial charge in [0.1, 0.15) is 18.1 Å². The standard InChI is InChI=1S/C23H21NO4S/c1-27-22-12-6-8-17-15-28-21-11-4-3-10-19(21)20(23(17)22)14-16-7-5-9-18(13-16)24-29(2,25)26/h3-14,24H,15H2,1-2H3/b20-14-. The topological polar surface area (TPSA) is 64.6 Å². The molecule has 0 fully saturated rings. The molecular weight excluding hydrogens is 386 g/mol. The van der Waals surface area contributed by atoms with Crippen molar-refractivity contribution in [2.75, 3.05) is 18.1 Å². The number of hydrogen-bond acceptors (Lipinski definition) is 4. The molecule has 6 heteroatoms. The lowest BCUT2D eigenvalue weighted by molar-refractivity contribution is 0.306. The van der Waals surface area contributed by atoms with E-state index < -0.39 is 10.0 Å². The van der Waals surface area contributed by atoms with Gasteiger partial charge in [-0.3, -0.25) is 4.72 Å². The average Bonchev–Trinajstić information content (AvgIpc) is 2.84. The predicted octanol–water partition coefficient (Wildman–Crippen LogP) is 4.55. The van der Waals surface area contributed by atoms with Crippen molar-refractivity contribution in [2.24, 2.45) is 0 Å². The number of para-hydroxylation sites is 1. The van der Waals surface area contributed by atoms with Crippen LogP contribution in [0.5, 0.6) is 11.5 Å². The second-order valence-electron chi connectivity index (χ2n) is 6.84. The van der Waals surface area contributed by atoms with E-state index in [2.05, 4.69) is 4.72 Å². The van der Waals surface area contributed by atoms with Gasteiger partial charge in [0.15, 0.2) is 0 Å². The van der Waals surface area contributed by atoms with Crippen molar-refractivity contribution in [3.8, 4) is 11.5 Å². The van der Waals surface area contributed by atoms with E-state index in [9.17, 15) is 8.42 Å². The zero-order valence-corrected chi connectivity index (χ0v) is 17.0. The van der Waals surface area contributed by atoms with Gasteiger partial charge in [-0.05, 0) is 41.5 Å². The molecule has 0 aromatic heterocycles. The number of ether oxygens (including phenoxy) is 2. The van der Waals surface area contributed by atoms with Crippen LogP contribution in [-0.2, 0) is 16.6 Å². The lowest BCUT2D eigenvalue weighted by atomic mass is 9.92. The minimum atomic E-state index is -3.35. The van der Waals surface area contributed by atoms with Crippen LogP contribution in [0.25, 0.3) is 11.6 Å². The van der Waals surface area contributed by atoms with Crippen LogP contribution in [0.1, 0.15) is 22.3 Å². The Balaban J connectivity index is 1.92. The largest absolute Gasteiger partial charge is 0.496 e. The van der Waals surface area contributed by atoms with Gasteiger partial charge in [0.2, 0.25) is 10.0 Å². The third-order valence-electron chi connectivity index (χ3n) is 4.66. The molecule has 1 N–H and O–H groups in total. The Bertz CT molecular complexity index is 1200. The molecule has 1 heterocycles. The van der Waals surface area contributed by atoms with E-state index in [4.69, 9.17) is 9.47 Å². The fourth-order valence-electron chi connectivity index (χ4n) is 3.50. The fraction of sp³-hybridized carbons (Fsp3) is 0.130. The molecule has 29 heavy (non-hydrogen) atoms. The number of hydrogen-bond donors (Lipinski definition) is 1. The van der Waals surface area contributed by atoms with Crippen molar-refractivity contribution in [3.63, 3.8) is 0 Å². The van der Waals surface area contributed by atoms with Gasteiger partial charge in [-0.15, -0.1) is 0 Å². The van der Waals surface area contributed by atoms with E-state index in [1.54, 1.807) is 19.2 Å². The van der Waals surface area contributed by atoms with E-state index in [0.717, 1.165) is 45.6 Å². The average molecular weight is 407 g/mol. The van der Waals surface area contributed by atoms with E-state index >= 15 is 0 Å². The molecule has 5 nitrogen and oxygen atoms in total. The number of methoxy groups -OCH3 is 1. The van der Waals surface area contributed by atoms with Gasteiger partial charge < -0.3 is 9.47 Å². The molecule has 148 valence electrons. The van der Waals surface area contributed by atoms with Gasteiger partial charge in [-0.2, -0.15) is 0 Å². The number of anilines is 1. The number of sulfonamides is 1. The summed E-state index contributed by atoms with van der Waals surface area (Å²) in [6, 6.07) is 21.1. The molecule has 1 aliphatic rings. The van der Waals surface area contributed by atoms with E-state index in [1.807, 2.05) is 60.7 Å². The monoisotopic (exact) mass is 407 g/mol. The summed E-state index contributed by atoms with van der Waals surface area (Å²) < 4.78 is 37.4. The SMILES string of the molecule is COc1cccc2c1/C(=C\c1cccc(NS(C)(=O)=O)c1)c1ccccc1OC2. The molecule has 4 rings (SSSR count). The molecule has 0 saturated heterocycles. The van der Waals surface area contributed by atoms with Crippen molar-refractivity contribution in [2.45, 2.75) is 6.61 Å². The second kappa shape index (κ2) is 7.64. The van der Waals surface area contributed by atoms with Gasteiger partial charge in [-0.1, -0.05) is 42.5 Å². The van der Waals surface area contributed by atoms with Crippen LogP contribution in [0.15, 0.2) is 66.7 Å². The Morgan fingerprint density at radius 1 is 1.03 bits per heavy atom. The summed E-state index contributed by atoms with van der Waals surface area (Å²) in [5.41, 5.74) is 5.29. The van der Waals surface area contributed by atoms with Crippen molar-refractivity contribution < 1.29 is 17.9 Å². The summed E-state index contributed by atoms with van der Waals surface area (Å²) in [5, 5.41) is 0. The Labute approximate surface area is 170 Å². The first kappa shape index (κ1) is 19.1. The van der Waals surface area contributed by atoms with E-state index in [0.29, 0.717) is 12.3 Å². The van der Waals surface area contributed by atoms with E-state index in [1.165, 1.54) is 0 Å². The van der Waals surface area contributed by atoms with Gasteiger partial charge in [-0.25, -0.2) is 8.42 Å². The quantitative estimate of drug-likeness (QED) is 0.689. The minimum Gasteiger partial charge on any atom is -0.496 e. The molecule has 0 amide bonds. The summed E-state index contributed by atoms with van der Waals surface area (Å²) in [6.45, 7) is 0.441. The fourth-order valence-corrected chi connectivity index (χ4v) is 4.06. The molecule has 1 aliphatic heterocycles. The highest BCUT2D eigenvalue weighted by Crippen LogP contribution is 2.42. The molecule has 0 radical (unpaired) electrons. The highest BCUT2D eigenvalue weighted by Gasteiger charge is 2.22. The minimum absolute atomic E-state index is 0.441. The second-order valence-corrected chi connectivity index (χ2v) is 8.59. The number of benzene rings is 3. The van der Waals surface area contributed by atoms with Crippen LogP contribution in [0, 0.1) is 0 Å². The molecule has 0 spiro atoms. The summed E-state index contributed by atoms with van der Waals surface area (Å²) in [5.74, 6) is 1.56. The number of rotatable bonds is 4. The van der Waals surface area contributed by atoms with Gasteiger partial charge >= 0.3 is 0 Å². The summed E-state index contributed by atoms with van der Waals surface area (Å²) in [7, 11) is -1.70. The Hall–Kier alpha value is -3.25. The highest BCUT2D eigenvalue weighted by molar-refractivity contribution is 7.92. The third kappa shape index (κ3) is 4.12. The first-order valence-electron chi connectivity index (χ1n) is 9.12. The van der Waals surface area contributed by atoms with Gasteiger partial charge in [0, 0.05) is 22.4 Å². The zero-order chi connectivity index (χ0) is 20.4. The lowest BCUT2D eigenvalue weighted by Crippen LogP contribution is -2.09. The first-order chi connectivity index (χ1) is 13.9. The van der Waals surface area contributed by atoms with Gasteiger partial charge in [0.05, 0.1) is 13.4 Å². The molecule has 3 aromatic rings. The Morgan fingerprint density at radius 2 is 1.83 bits per heavy atom. The zero-order valence-electron chi connectivity index (χ0n) is 16.2. The first-order valence-corrected chi connectivity index (χ1v) is 11.0. The van der Waals surface area contributed by atoms with Gasteiger partial charge in [0.25, 0.3) is 0 Å². The maximum Gasteiger partial charge on any atom is 0.229 e. The molecule has 0 aliphatic carbocycles. The van der Waals surface area contributed by atoms with Crippen LogP contribution < -0.4 is 14.2 Å². The number of nitrogens with one attached hydrogen (secondary N) is 1. The van der Waals surface area contributed by atoms with Crippen molar-refractivity contribution in [3.05, 3.63) is 89.0 Å². The van der Waals surface area contributed by atoms with E-state index in [-0.39, 0.29) is 0 Å². The summed E-state index contributed by atoms with van der Waals surface area (Å²) in [6.07, 6.45) is 3.17.